The van der Waals surface area contributed by atoms with Crippen LogP contribution in [-0.4, -0.2) is 60.5 Å². The fraction of sp³-hybridized carbons (Fsp3) is 0.560. The van der Waals surface area contributed by atoms with Crippen molar-refractivity contribution < 1.29 is 42.7 Å². The molecule has 0 aliphatic carbocycles. The summed E-state index contributed by atoms with van der Waals surface area (Å²) >= 11 is 0. The third kappa shape index (κ3) is 44.2. The van der Waals surface area contributed by atoms with Crippen molar-refractivity contribution in [2.24, 2.45) is 5.73 Å². The maximum absolute atomic E-state index is 12.7. The minimum Gasteiger partial charge on any atom is -0.480 e. The van der Waals surface area contributed by atoms with Gasteiger partial charge in [0.2, 0.25) is 0 Å². The second kappa shape index (κ2) is 44.4. The molecule has 0 aromatic rings. The summed E-state index contributed by atoms with van der Waals surface area (Å²) in [6.07, 6.45) is 61.2. The van der Waals surface area contributed by atoms with E-state index < -0.39 is 45.1 Å². The van der Waals surface area contributed by atoms with Crippen LogP contribution in [0.4, 0.5) is 0 Å². The van der Waals surface area contributed by atoms with Crippen molar-refractivity contribution >= 4 is 19.8 Å². The summed E-state index contributed by atoms with van der Waals surface area (Å²) in [5.41, 5.74) is 5.35. The molecule has 11 heteroatoms. The molecule has 3 atom stereocenters. The number of carboxylic acids is 1. The second-order valence-corrected chi connectivity index (χ2v) is 15.9. The van der Waals surface area contributed by atoms with Gasteiger partial charge in [0.05, 0.1) is 19.8 Å². The van der Waals surface area contributed by atoms with E-state index in [-0.39, 0.29) is 13.0 Å². The highest BCUT2D eigenvalue weighted by molar-refractivity contribution is 7.47. The van der Waals surface area contributed by atoms with Crippen molar-refractivity contribution in [3.8, 4) is 0 Å². The highest BCUT2D eigenvalue weighted by Gasteiger charge is 2.27. The molecule has 0 aliphatic rings. The number of phosphoric acid groups is 1. The average molecular weight is 870 g/mol. The van der Waals surface area contributed by atoms with Gasteiger partial charge in [-0.15, -0.1) is 0 Å². The molecule has 0 rings (SSSR count). The molecule has 0 fully saturated rings. The molecule has 0 heterocycles. The molecular weight excluding hydrogens is 790 g/mol. The average Bonchev–Trinajstić information content (AvgIpc) is 3.24. The molecule has 10 nitrogen and oxygen atoms in total. The van der Waals surface area contributed by atoms with Gasteiger partial charge in [-0.1, -0.05) is 161 Å². The predicted molar refractivity (Wildman–Crippen MR) is 253 cm³/mol. The third-order valence-electron chi connectivity index (χ3n) is 8.74. The Balaban J connectivity index is 4.39. The molecule has 344 valence electrons. The lowest BCUT2D eigenvalue weighted by Crippen LogP contribution is -2.34. The molecule has 3 unspecified atom stereocenters. The van der Waals surface area contributed by atoms with Gasteiger partial charge in [-0.25, -0.2) is 4.57 Å². The van der Waals surface area contributed by atoms with Crippen molar-refractivity contribution in [3.05, 3.63) is 122 Å². The number of ether oxygens (including phenoxy) is 2. The van der Waals surface area contributed by atoms with E-state index in [0.29, 0.717) is 13.0 Å². The quantitative estimate of drug-likeness (QED) is 0.0234. The van der Waals surface area contributed by atoms with Crippen LogP contribution in [0.1, 0.15) is 142 Å². The summed E-state index contributed by atoms with van der Waals surface area (Å²) in [4.78, 5) is 33.6. The number of unbranched alkanes of at least 4 members (excludes halogenated alkanes) is 7. The number of nitrogens with two attached hydrogens (primary N) is 1. The topological polar surface area (TPSA) is 155 Å². The van der Waals surface area contributed by atoms with Crippen molar-refractivity contribution in [2.75, 3.05) is 26.4 Å². The number of rotatable bonds is 41. The zero-order valence-electron chi connectivity index (χ0n) is 37.4. The molecule has 0 aromatic carbocycles. The lowest BCUT2D eigenvalue weighted by Gasteiger charge is -2.20. The first-order valence-corrected chi connectivity index (χ1v) is 24.1. The molecular formula is C50H80NO9P. The summed E-state index contributed by atoms with van der Waals surface area (Å²) in [6.45, 7) is 3.45. The minimum absolute atomic E-state index is 0.0383. The summed E-state index contributed by atoms with van der Waals surface area (Å²) in [7, 11) is -4.65. The molecule has 0 bridgehead atoms. The van der Waals surface area contributed by atoms with E-state index in [4.69, 9.17) is 29.4 Å². The first-order valence-electron chi connectivity index (χ1n) is 22.6. The Morgan fingerprint density at radius 3 is 1.34 bits per heavy atom. The van der Waals surface area contributed by atoms with Crippen LogP contribution in [0.3, 0.4) is 0 Å². The number of phosphoric ester groups is 1. The van der Waals surface area contributed by atoms with Crippen LogP contribution in [-0.2, 0) is 32.7 Å². The van der Waals surface area contributed by atoms with Crippen molar-refractivity contribution in [2.45, 2.75) is 154 Å². The normalized spacial score (nSPS) is 15.0. The van der Waals surface area contributed by atoms with Crippen LogP contribution in [0.15, 0.2) is 122 Å². The minimum atomic E-state index is -4.65. The van der Waals surface area contributed by atoms with Crippen LogP contribution in [0.2, 0.25) is 0 Å². The number of esters is 1. The van der Waals surface area contributed by atoms with E-state index in [2.05, 4.69) is 135 Å². The van der Waals surface area contributed by atoms with E-state index in [1.807, 2.05) is 0 Å². The van der Waals surface area contributed by atoms with Gasteiger partial charge in [0, 0.05) is 13.0 Å². The van der Waals surface area contributed by atoms with Crippen LogP contribution in [0.5, 0.6) is 0 Å². The van der Waals surface area contributed by atoms with Gasteiger partial charge in [-0.2, -0.15) is 0 Å². The molecule has 0 saturated carbocycles. The number of hydrogen-bond donors (Lipinski definition) is 3. The van der Waals surface area contributed by atoms with Crippen molar-refractivity contribution in [1.29, 1.82) is 0 Å². The van der Waals surface area contributed by atoms with Gasteiger partial charge in [0.25, 0.3) is 0 Å². The SMILES string of the molecule is CC/C=C\C/C=C\C/C=C\C/C=C\C/C=C\C/C=C\CCCOCC(COP(=O)(O)OCC(N)C(=O)O)OC(=O)CCCCCCCC/C=C\C/C=C\C/C=C\C/C=C\CC. The summed E-state index contributed by atoms with van der Waals surface area (Å²) in [6, 6.07) is -1.49. The number of hydrogen-bond acceptors (Lipinski definition) is 8. The van der Waals surface area contributed by atoms with Crippen LogP contribution < -0.4 is 5.73 Å². The van der Waals surface area contributed by atoms with Crippen LogP contribution >= 0.6 is 7.82 Å². The van der Waals surface area contributed by atoms with Crippen LogP contribution in [0, 0.1) is 0 Å². The Bertz CT molecular complexity index is 1420. The summed E-state index contributed by atoms with van der Waals surface area (Å²) in [5.74, 6) is -1.83. The monoisotopic (exact) mass is 870 g/mol. The van der Waals surface area contributed by atoms with Gasteiger partial charge < -0.3 is 25.2 Å². The van der Waals surface area contributed by atoms with Crippen LogP contribution in [0.25, 0.3) is 0 Å². The van der Waals surface area contributed by atoms with Gasteiger partial charge >= 0.3 is 19.8 Å². The van der Waals surface area contributed by atoms with E-state index in [1.54, 1.807) is 0 Å². The predicted octanol–water partition coefficient (Wildman–Crippen LogP) is 12.9. The Morgan fingerprint density at radius 2 is 0.902 bits per heavy atom. The molecule has 0 saturated heterocycles. The van der Waals surface area contributed by atoms with E-state index in [0.717, 1.165) is 116 Å². The number of carbonyl (C=O) groups excluding carboxylic acids is 1. The Morgan fingerprint density at radius 1 is 0.525 bits per heavy atom. The lowest BCUT2D eigenvalue weighted by molar-refractivity contribution is -0.154. The Labute approximate surface area is 369 Å². The van der Waals surface area contributed by atoms with Gasteiger partial charge in [0.1, 0.15) is 12.1 Å². The highest BCUT2D eigenvalue weighted by Crippen LogP contribution is 2.43. The first kappa shape index (κ1) is 57.4. The number of allylic oxidation sites excluding steroid dienone is 20. The molecule has 61 heavy (non-hydrogen) atoms. The number of carbonyl (C=O) groups is 2. The zero-order chi connectivity index (χ0) is 44.8. The maximum atomic E-state index is 12.7. The van der Waals surface area contributed by atoms with Crippen molar-refractivity contribution in [3.63, 3.8) is 0 Å². The number of aliphatic carboxylic acids is 1. The Kier molecular flexibility index (Phi) is 41.8. The lowest BCUT2D eigenvalue weighted by atomic mass is 10.1. The molecule has 4 N–H and O–H groups in total. The molecule has 0 radical (unpaired) electrons. The first-order chi connectivity index (χ1) is 29.7. The molecule has 0 aromatic heterocycles. The number of carboxylic acid groups (broad SMARTS) is 1. The maximum Gasteiger partial charge on any atom is 0.472 e. The fourth-order valence-corrected chi connectivity index (χ4v) is 6.09. The largest absolute Gasteiger partial charge is 0.480 e. The van der Waals surface area contributed by atoms with E-state index in [9.17, 15) is 19.0 Å². The third-order valence-corrected chi connectivity index (χ3v) is 9.69. The second-order valence-electron chi connectivity index (χ2n) is 14.4. The van der Waals surface area contributed by atoms with Gasteiger partial charge in [0.15, 0.2) is 0 Å². The summed E-state index contributed by atoms with van der Waals surface area (Å²) in [5, 5.41) is 8.91. The van der Waals surface area contributed by atoms with Gasteiger partial charge in [-0.05, 0) is 96.3 Å². The zero-order valence-corrected chi connectivity index (χ0v) is 38.3. The standard InChI is InChI=1S/C50H80NO9P/c1-3-5-7-9-11-13-15-17-19-21-23-25-27-29-31-33-35-37-39-41-43-57-44-47(45-58-61(55,56)59-46-48(51)50(53)54)60-49(52)42-40-38-36-34-32-30-28-26-24-22-20-18-16-14-12-10-8-6-4-2/h5-8,11-14,17-20,23-26,29,31,35,37,47-48H,3-4,9-10,15-16,21-22,27-28,30,32-34,36,38-46,51H2,1-2H3,(H,53,54)(H,55,56)/b7-5-,8-6-,13-11-,14-12-,19-17-,20-18-,25-23-,26-24-,31-29-,37-35-. The smallest absolute Gasteiger partial charge is 0.472 e. The Hall–Kier alpha value is -3.63. The van der Waals surface area contributed by atoms with Gasteiger partial charge in [-0.3, -0.25) is 18.6 Å². The fourth-order valence-electron chi connectivity index (χ4n) is 5.32. The summed E-state index contributed by atoms with van der Waals surface area (Å²) < 4.78 is 33.3. The molecule has 0 aliphatic heterocycles. The highest BCUT2D eigenvalue weighted by atomic mass is 31.2. The van der Waals surface area contributed by atoms with E-state index >= 15 is 0 Å². The van der Waals surface area contributed by atoms with Crippen molar-refractivity contribution in [1.82, 2.24) is 0 Å². The molecule has 0 amide bonds. The van der Waals surface area contributed by atoms with E-state index in [1.165, 1.54) is 0 Å². The molecule has 0 spiro atoms.